The van der Waals surface area contributed by atoms with Crippen molar-refractivity contribution in [2.75, 3.05) is 23.9 Å². The molecule has 0 aromatic carbocycles. The highest BCUT2D eigenvalue weighted by Crippen LogP contribution is 2.16. The zero-order valence-electron chi connectivity index (χ0n) is 11.5. The lowest BCUT2D eigenvalue weighted by Crippen LogP contribution is -2.21. The van der Waals surface area contributed by atoms with Crippen molar-refractivity contribution in [1.29, 1.82) is 0 Å². The number of aromatic nitrogens is 2. The Morgan fingerprint density at radius 2 is 1.94 bits per heavy atom. The topological polar surface area (TPSA) is 85.1 Å². The van der Waals surface area contributed by atoms with Gasteiger partial charge in [0.1, 0.15) is 17.5 Å². The first kappa shape index (κ1) is 14.7. The summed E-state index contributed by atoms with van der Waals surface area (Å²) in [5, 5.41) is 3.23. The van der Waals surface area contributed by atoms with Gasteiger partial charge in [0, 0.05) is 25.1 Å². The molecule has 1 rings (SSSR count). The first-order valence-electron chi connectivity index (χ1n) is 6.27. The molecule has 1 heterocycles. The Hall–Kier alpha value is -1.40. The normalized spacial score (nSPS) is 12.6. The average Bonchev–Trinajstić information content (AvgIpc) is 2.36. The molecular weight excluding hydrogens is 230 g/mol. The predicted octanol–water partition coefficient (Wildman–Crippen LogP) is 1.72. The summed E-state index contributed by atoms with van der Waals surface area (Å²) in [5.74, 6) is 7.78. The number of hydrazine groups is 1. The first-order chi connectivity index (χ1) is 8.56. The fourth-order valence-corrected chi connectivity index (χ4v) is 1.48. The van der Waals surface area contributed by atoms with Crippen molar-refractivity contribution >= 4 is 11.6 Å². The zero-order chi connectivity index (χ0) is 13.5. The Morgan fingerprint density at radius 3 is 2.50 bits per heavy atom. The standard InChI is InChI=1S/C12H23N5O/c1-5-18-9(4)7-14-10-6-11(17-13)16-12(15-10)8(2)3/h6,8-9H,5,7,13H2,1-4H3,(H2,14,15,16,17). The van der Waals surface area contributed by atoms with E-state index in [2.05, 4.69) is 20.7 Å². The molecule has 1 unspecified atom stereocenters. The molecule has 6 nitrogen and oxygen atoms in total. The van der Waals surface area contributed by atoms with Crippen molar-refractivity contribution in [3.8, 4) is 0 Å². The van der Waals surface area contributed by atoms with Gasteiger partial charge in [-0.3, -0.25) is 0 Å². The molecular formula is C12H23N5O. The largest absolute Gasteiger partial charge is 0.377 e. The second-order valence-electron chi connectivity index (χ2n) is 4.44. The molecule has 1 aromatic rings. The van der Waals surface area contributed by atoms with Gasteiger partial charge < -0.3 is 15.5 Å². The number of nitrogens with zero attached hydrogens (tertiary/aromatic N) is 2. The Morgan fingerprint density at radius 1 is 1.28 bits per heavy atom. The van der Waals surface area contributed by atoms with Crippen molar-refractivity contribution in [3.05, 3.63) is 11.9 Å². The van der Waals surface area contributed by atoms with Crippen molar-refractivity contribution in [3.63, 3.8) is 0 Å². The van der Waals surface area contributed by atoms with Gasteiger partial charge in [0.05, 0.1) is 6.10 Å². The van der Waals surface area contributed by atoms with Crippen molar-refractivity contribution in [1.82, 2.24) is 9.97 Å². The van der Waals surface area contributed by atoms with Crippen LogP contribution in [0.15, 0.2) is 6.07 Å². The van der Waals surface area contributed by atoms with E-state index in [0.717, 1.165) is 11.6 Å². The van der Waals surface area contributed by atoms with E-state index in [1.165, 1.54) is 0 Å². The summed E-state index contributed by atoms with van der Waals surface area (Å²) in [4.78, 5) is 8.74. The van der Waals surface area contributed by atoms with Crippen LogP contribution in [0, 0.1) is 0 Å². The summed E-state index contributed by atoms with van der Waals surface area (Å²) in [6.45, 7) is 9.49. The number of hydrogen-bond donors (Lipinski definition) is 3. The fraction of sp³-hybridized carbons (Fsp3) is 0.667. The highest BCUT2D eigenvalue weighted by molar-refractivity contribution is 5.47. The van der Waals surface area contributed by atoms with E-state index in [-0.39, 0.29) is 12.0 Å². The summed E-state index contributed by atoms with van der Waals surface area (Å²) < 4.78 is 5.45. The molecule has 6 heteroatoms. The van der Waals surface area contributed by atoms with Gasteiger partial charge in [-0.15, -0.1) is 0 Å². The summed E-state index contributed by atoms with van der Waals surface area (Å²) in [7, 11) is 0. The van der Waals surface area contributed by atoms with Gasteiger partial charge in [-0.05, 0) is 13.8 Å². The quantitative estimate of drug-likeness (QED) is 0.507. The minimum atomic E-state index is 0.141. The molecule has 18 heavy (non-hydrogen) atoms. The molecule has 0 aliphatic rings. The van der Waals surface area contributed by atoms with Crippen LogP contribution >= 0.6 is 0 Å². The van der Waals surface area contributed by atoms with E-state index < -0.39 is 0 Å². The lowest BCUT2D eigenvalue weighted by atomic mass is 10.2. The van der Waals surface area contributed by atoms with E-state index >= 15 is 0 Å². The van der Waals surface area contributed by atoms with Crippen LogP contribution in [0.3, 0.4) is 0 Å². The zero-order valence-corrected chi connectivity index (χ0v) is 11.5. The van der Waals surface area contributed by atoms with E-state index in [9.17, 15) is 0 Å². The number of nitrogens with one attached hydrogen (secondary N) is 2. The number of rotatable bonds is 7. The lowest BCUT2D eigenvalue weighted by molar-refractivity contribution is 0.0855. The van der Waals surface area contributed by atoms with Crippen LogP contribution in [-0.2, 0) is 4.74 Å². The molecule has 0 saturated heterocycles. The molecule has 4 N–H and O–H groups in total. The van der Waals surface area contributed by atoms with E-state index in [1.54, 1.807) is 6.07 Å². The van der Waals surface area contributed by atoms with E-state index in [4.69, 9.17) is 10.6 Å². The number of nitrogen functional groups attached to an aromatic ring is 1. The second kappa shape index (κ2) is 7.13. The first-order valence-corrected chi connectivity index (χ1v) is 6.27. The fourth-order valence-electron chi connectivity index (χ4n) is 1.48. The number of hydrogen-bond acceptors (Lipinski definition) is 6. The van der Waals surface area contributed by atoms with Crippen LogP contribution in [0.4, 0.5) is 11.6 Å². The molecule has 102 valence electrons. The highest BCUT2D eigenvalue weighted by Gasteiger charge is 2.08. The Balaban J connectivity index is 2.72. The second-order valence-corrected chi connectivity index (χ2v) is 4.44. The van der Waals surface area contributed by atoms with Crippen LogP contribution in [0.1, 0.15) is 39.4 Å². The summed E-state index contributed by atoms with van der Waals surface area (Å²) in [6, 6.07) is 1.78. The monoisotopic (exact) mass is 253 g/mol. The van der Waals surface area contributed by atoms with Crippen LogP contribution < -0.4 is 16.6 Å². The molecule has 0 aliphatic heterocycles. The molecule has 0 amide bonds. The summed E-state index contributed by atoms with van der Waals surface area (Å²) in [6.07, 6.45) is 0.141. The third kappa shape index (κ3) is 4.46. The molecule has 1 atom stereocenters. The minimum absolute atomic E-state index is 0.141. The highest BCUT2D eigenvalue weighted by atomic mass is 16.5. The van der Waals surface area contributed by atoms with Gasteiger partial charge in [0.2, 0.25) is 0 Å². The van der Waals surface area contributed by atoms with Crippen molar-refractivity contribution < 1.29 is 4.74 Å². The van der Waals surface area contributed by atoms with Crippen LogP contribution in [0.25, 0.3) is 0 Å². The molecule has 0 bridgehead atoms. The summed E-state index contributed by atoms with van der Waals surface area (Å²) >= 11 is 0. The van der Waals surface area contributed by atoms with Crippen molar-refractivity contribution in [2.45, 2.75) is 39.7 Å². The Bertz CT molecular complexity index is 369. The third-order valence-corrected chi connectivity index (χ3v) is 2.43. The van der Waals surface area contributed by atoms with Gasteiger partial charge in [0.15, 0.2) is 0 Å². The summed E-state index contributed by atoms with van der Waals surface area (Å²) in [5.41, 5.74) is 2.55. The van der Waals surface area contributed by atoms with E-state index in [0.29, 0.717) is 19.0 Å². The molecule has 0 spiro atoms. The molecule has 0 saturated carbocycles. The number of ether oxygens (including phenoxy) is 1. The van der Waals surface area contributed by atoms with Crippen molar-refractivity contribution in [2.24, 2.45) is 5.84 Å². The minimum Gasteiger partial charge on any atom is -0.377 e. The average molecular weight is 253 g/mol. The maximum Gasteiger partial charge on any atom is 0.145 e. The molecule has 0 aliphatic carbocycles. The maximum absolute atomic E-state index is 5.45. The van der Waals surface area contributed by atoms with Gasteiger partial charge in [-0.1, -0.05) is 13.8 Å². The number of anilines is 2. The SMILES string of the molecule is CCOC(C)CNc1cc(NN)nc(C(C)C)n1. The van der Waals surface area contributed by atoms with Gasteiger partial charge in [-0.25, -0.2) is 15.8 Å². The lowest BCUT2D eigenvalue weighted by Gasteiger charge is -2.15. The van der Waals surface area contributed by atoms with Gasteiger partial charge in [0.25, 0.3) is 0 Å². The van der Waals surface area contributed by atoms with E-state index in [1.807, 2.05) is 27.7 Å². The van der Waals surface area contributed by atoms with Crippen LogP contribution in [-0.4, -0.2) is 29.2 Å². The van der Waals surface area contributed by atoms with Gasteiger partial charge in [-0.2, -0.15) is 0 Å². The van der Waals surface area contributed by atoms with Crippen LogP contribution in [0.5, 0.6) is 0 Å². The number of nitrogens with two attached hydrogens (primary N) is 1. The Kier molecular flexibility index (Phi) is 5.80. The third-order valence-electron chi connectivity index (χ3n) is 2.43. The molecule has 0 fully saturated rings. The molecule has 0 radical (unpaired) electrons. The predicted molar refractivity (Wildman–Crippen MR) is 73.5 cm³/mol. The Labute approximate surface area is 108 Å². The van der Waals surface area contributed by atoms with Gasteiger partial charge >= 0.3 is 0 Å². The molecule has 1 aromatic heterocycles. The smallest absolute Gasteiger partial charge is 0.145 e. The maximum atomic E-state index is 5.45. The van der Waals surface area contributed by atoms with Crippen LogP contribution in [0.2, 0.25) is 0 Å².